The molecule has 3 rings (SSSR count). The van der Waals surface area contributed by atoms with Gasteiger partial charge in [0, 0.05) is 24.7 Å². The Morgan fingerprint density at radius 3 is 3.09 bits per heavy atom. The zero-order valence-electron chi connectivity index (χ0n) is 12.8. The highest BCUT2D eigenvalue weighted by atomic mass is 16.6. The van der Waals surface area contributed by atoms with E-state index in [9.17, 15) is 9.90 Å². The first-order chi connectivity index (χ1) is 11.2. The number of phenols is 1. The lowest BCUT2D eigenvalue weighted by Gasteiger charge is -2.07. The topological polar surface area (TPSA) is 88.7 Å². The van der Waals surface area contributed by atoms with Crippen molar-refractivity contribution in [1.29, 1.82) is 0 Å². The van der Waals surface area contributed by atoms with E-state index in [1.165, 1.54) is 0 Å². The van der Waals surface area contributed by atoms with Gasteiger partial charge in [-0.2, -0.15) is 5.10 Å². The summed E-state index contributed by atoms with van der Waals surface area (Å²) in [7, 11) is 0. The van der Waals surface area contributed by atoms with Crippen LogP contribution in [-0.4, -0.2) is 32.6 Å². The lowest BCUT2D eigenvalue weighted by atomic mass is 10.0. The third-order valence-corrected chi connectivity index (χ3v) is 3.53. The van der Waals surface area contributed by atoms with E-state index < -0.39 is 6.10 Å². The summed E-state index contributed by atoms with van der Waals surface area (Å²) in [6, 6.07) is 6.85. The van der Waals surface area contributed by atoms with Gasteiger partial charge in [-0.15, -0.1) is 0 Å². The van der Waals surface area contributed by atoms with Crippen molar-refractivity contribution < 1.29 is 14.7 Å². The average molecular weight is 314 g/mol. The molecule has 23 heavy (non-hydrogen) atoms. The number of nitrogens with zero attached hydrogens (tertiary/aromatic N) is 3. The van der Waals surface area contributed by atoms with Crippen LogP contribution in [-0.2, 0) is 16.2 Å². The first kappa shape index (κ1) is 15.1. The largest absolute Gasteiger partial charge is 0.507 e. The minimum Gasteiger partial charge on any atom is -0.507 e. The van der Waals surface area contributed by atoms with Gasteiger partial charge in [0.25, 0.3) is 5.91 Å². The molecule has 120 valence electrons. The molecule has 0 fully saturated rings. The van der Waals surface area contributed by atoms with Crippen molar-refractivity contribution in [2.24, 2.45) is 5.16 Å². The highest BCUT2D eigenvalue weighted by Crippen LogP contribution is 2.24. The molecule has 2 heterocycles. The standard InChI is InChI=1S/C16H18N4O3/c1-2-7-20-10-11(9-17-20)18-16(22)15-8-13(19-23-15)12-5-3-4-6-14(12)21/h3-6,9-10,15,21H,2,7-8H2,1H3,(H,18,22)/t15-/m0/s1. The lowest BCUT2D eigenvalue weighted by molar-refractivity contribution is -0.125. The number of oxime groups is 1. The van der Waals surface area contributed by atoms with Crippen molar-refractivity contribution >= 4 is 17.3 Å². The molecule has 1 aromatic heterocycles. The second-order valence-electron chi connectivity index (χ2n) is 5.33. The van der Waals surface area contributed by atoms with E-state index in [1.807, 2.05) is 0 Å². The van der Waals surface area contributed by atoms with Gasteiger partial charge in [-0.3, -0.25) is 9.48 Å². The molecule has 0 bridgehead atoms. The van der Waals surface area contributed by atoms with E-state index >= 15 is 0 Å². The quantitative estimate of drug-likeness (QED) is 0.885. The van der Waals surface area contributed by atoms with Crippen LogP contribution >= 0.6 is 0 Å². The van der Waals surface area contributed by atoms with Crippen molar-refractivity contribution in [3.05, 3.63) is 42.2 Å². The number of phenolic OH excluding ortho intramolecular Hbond substituents is 1. The van der Waals surface area contributed by atoms with Gasteiger partial charge < -0.3 is 15.3 Å². The molecule has 2 aromatic rings. The first-order valence-corrected chi connectivity index (χ1v) is 7.51. The fourth-order valence-electron chi connectivity index (χ4n) is 2.40. The number of aryl methyl sites for hydroxylation is 1. The van der Waals surface area contributed by atoms with Gasteiger partial charge in [0.15, 0.2) is 0 Å². The van der Waals surface area contributed by atoms with Crippen LogP contribution in [0.25, 0.3) is 0 Å². The van der Waals surface area contributed by atoms with Gasteiger partial charge >= 0.3 is 0 Å². The predicted octanol–water partition coefficient (Wildman–Crippen LogP) is 2.13. The van der Waals surface area contributed by atoms with Crippen LogP contribution < -0.4 is 5.32 Å². The van der Waals surface area contributed by atoms with E-state index in [4.69, 9.17) is 4.84 Å². The molecule has 0 radical (unpaired) electrons. The van der Waals surface area contributed by atoms with Gasteiger partial charge in [-0.25, -0.2) is 0 Å². The second kappa shape index (κ2) is 6.51. The smallest absolute Gasteiger partial charge is 0.268 e. The Morgan fingerprint density at radius 2 is 2.30 bits per heavy atom. The number of benzene rings is 1. The van der Waals surface area contributed by atoms with Crippen molar-refractivity contribution in [3.8, 4) is 5.75 Å². The van der Waals surface area contributed by atoms with Gasteiger partial charge in [-0.1, -0.05) is 24.2 Å². The van der Waals surface area contributed by atoms with E-state index in [2.05, 4.69) is 22.5 Å². The minimum absolute atomic E-state index is 0.122. The number of para-hydroxylation sites is 1. The van der Waals surface area contributed by atoms with Crippen molar-refractivity contribution in [2.75, 3.05) is 5.32 Å². The predicted molar refractivity (Wildman–Crippen MR) is 85.3 cm³/mol. The van der Waals surface area contributed by atoms with Crippen LogP contribution in [0.4, 0.5) is 5.69 Å². The molecule has 0 spiro atoms. The Balaban J connectivity index is 1.61. The minimum atomic E-state index is -0.709. The molecule has 1 aromatic carbocycles. The lowest BCUT2D eigenvalue weighted by Crippen LogP contribution is -2.27. The number of amides is 1. The third-order valence-electron chi connectivity index (χ3n) is 3.53. The average Bonchev–Trinajstić information content (AvgIpc) is 3.18. The summed E-state index contributed by atoms with van der Waals surface area (Å²) in [5, 5.41) is 20.7. The molecule has 1 atom stereocenters. The molecule has 1 aliphatic heterocycles. The normalized spacial score (nSPS) is 16.7. The van der Waals surface area contributed by atoms with Gasteiger partial charge in [-0.05, 0) is 18.6 Å². The zero-order chi connectivity index (χ0) is 16.2. The number of hydrogen-bond donors (Lipinski definition) is 2. The fraction of sp³-hybridized carbons (Fsp3) is 0.312. The Labute approximate surface area is 133 Å². The molecular formula is C16H18N4O3. The molecule has 7 heteroatoms. The number of aromatic nitrogens is 2. The summed E-state index contributed by atoms with van der Waals surface area (Å²) in [5.74, 6) is -0.160. The maximum Gasteiger partial charge on any atom is 0.268 e. The second-order valence-corrected chi connectivity index (χ2v) is 5.33. The van der Waals surface area contributed by atoms with E-state index in [1.54, 1.807) is 41.3 Å². The van der Waals surface area contributed by atoms with E-state index in [0.717, 1.165) is 13.0 Å². The third kappa shape index (κ3) is 3.33. The van der Waals surface area contributed by atoms with Gasteiger partial charge in [0.1, 0.15) is 5.75 Å². The number of carbonyl (C=O) groups excluding carboxylic acids is 1. The van der Waals surface area contributed by atoms with Gasteiger partial charge in [0.2, 0.25) is 6.10 Å². The van der Waals surface area contributed by atoms with Crippen molar-refractivity contribution in [3.63, 3.8) is 0 Å². The number of anilines is 1. The molecule has 1 aliphatic rings. The molecule has 0 saturated carbocycles. The summed E-state index contributed by atoms with van der Waals surface area (Å²) < 4.78 is 1.77. The summed E-state index contributed by atoms with van der Waals surface area (Å²) in [4.78, 5) is 17.4. The molecule has 0 aliphatic carbocycles. The Kier molecular flexibility index (Phi) is 4.27. The fourth-order valence-corrected chi connectivity index (χ4v) is 2.40. The van der Waals surface area contributed by atoms with Crippen LogP contribution in [0.5, 0.6) is 5.75 Å². The van der Waals surface area contributed by atoms with Crippen LogP contribution in [0.15, 0.2) is 41.8 Å². The Morgan fingerprint density at radius 1 is 1.48 bits per heavy atom. The van der Waals surface area contributed by atoms with Crippen LogP contribution in [0.3, 0.4) is 0 Å². The Bertz CT molecular complexity index is 738. The van der Waals surface area contributed by atoms with Crippen LogP contribution in [0.1, 0.15) is 25.3 Å². The number of hydrogen-bond acceptors (Lipinski definition) is 5. The number of aromatic hydroxyl groups is 1. The highest BCUT2D eigenvalue weighted by Gasteiger charge is 2.30. The summed E-state index contributed by atoms with van der Waals surface area (Å²) >= 11 is 0. The molecule has 2 N–H and O–H groups in total. The SMILES string of the molecule is CCCn1cc(NC(=O)[C@@H]2CC(c3ccccc3O)=NO2)cn1. The highest BCUT2D eigenvalue weighted by molar-refractivity contribution is 6.07. The Hall–Kier alpha value is -2.83. The molecule has 0 saturated heterocycles. The maximum atomic E-state index is 12.2. The summed E-state index contributed by atoms with van der Waals surface area (Å²) in [6.07, 6.45) is 3.96. The first-order valence-electron chi connectivity index (χ1n) is 7.51. The maximum absolute atomic E-state index is 12.2. The van der Waals surface area contributed by atoms with Crippen molar-refractivity contribution in [2.45, 2.75) is 32.4 Å². The summed E-state index contributed by atoms with van der Waals surface area (Å²) in [6.45, 7) is 2.86. The number of nitrogens with one attached hydrogen (secondary N) is 1. The monoisotopic (exact) mass is 314 g/mol. The zero-order valence-corrected chi connectivity index (χ0v) is 12.8. The van der Waals surface area contributed by atoms with E-state index in [-0.39, 0.29) is 11.7 Å². The molecular weight excluding hydrogens is 296 g/mol. The molecule has 0 unspecified atom stereocenters. The van der Waals surface area contributed by atoms with Crippen molar-refractivity contribution in [1.82, 2.24) is 9.78 Å². The van der Waals surface area contributed by atoms with Crippen LogP contribution in [0, 0.1) is 0 Å². The van der Waals surface area contributed by atoms with Gasteiger partial charge in [0.05, 0.1) is 17.6 Å². The summed E-state index contributed by atoms with van der Waals surface area (Å²) in [5.41, 5.74) is 1.77. The number of rotatable bonds is 5. The molecule has 1 amide bonds. The number of carbonyl (C=O) groups is 1. The van der Waals surface area contributed by atoms with Crippen LogP contribution in [0.2, 0.25) is 0 Å². The van der Waals surface area contributed by atoms with E-state index in [0.29, 0.717) is 23.4 Å². The molecule has 7 nitrogen and oxygen atoms in total.